The smallest absolute Gasteiger partial charge is 0.256 e. The van der Waals surface area contributed by atoms with E-state index in [1.54, 1.807) is 12.1 Å². The molecule has 1 saturated heterocycles. The number of nitrogens with one attached hydrogen (secondary N) is 2. The molecule has 0 unspecified atom stereocenters. The van der Waals surface area contributed by atoms with Crippen molar-refractivity contribution < 1.29 is 9.59 Å². The molecule has 0 spiro atoms. The van der Waals surface area contributed by atoms with Crippen molar-refractivity contribution in [3.05, 3.63) is 88.7 Å². The van der Waals surface area contributed by atoms with Crippen LogP contribution in [0.5, 0.6) is 0 Å². The number of benzene rings is 3. The van der Waals surface area contributed by atoms with Gasteiger partial charge in [0.2, 0.25) is 5.91 Å². The maximum absolute atomic E-state index is 12.8. The lowest BCUT2D eigenvalue weighted by Gasteiger charge is -2.16. The van der Waals surface area contributed by atoms with Crippen LogP contribution in [0.3, 0.4) is 0 Å². The van der Waals surface area contributed by atoms with Crippen LogP contribution in [0.4, 0.5) is 11.4 Å². The Kier molecular flexibility index (Phi) is 5.03. The Bertz CT molecular complexity index is 1230. The van der Waals surface area contributed by atoms with Gasteiger partial charge in [-0.3, -0.25) is 9.59 Å². The average molecular weight is 475 g/mol. The van der Waals surface area contributed by atoms with E-state index >= 15 is 0 Å². The van der Waals surface area contributed by atoms with E-state index < -0.39 is 6.04 Å². The highest BCUT2D eigenvalue weighted by Crippen LogP contribution is 2.26. The minimum atomic E-state index is -0.572. The zero-order chi connectivity index (χ0) is 21.4. The molecule has 1 aromatic heterocycles. The molecule has 5 rings (SSSR count). The van der Waals surface area contributed by atoms with E-state index in [0.717, 1.165) is 32.6 Å². The number of amides is 2. The van der Waals surface area contributed by atoms with E-state index in [-0.39, 0.29) is 18.2 Å². The Morgan fingerprint density at radius 1 is 1.00 bits per heavy atom. The standard InChI is InChI=1S/C24H19BrN4O2/c25-16-7-11-18(12-8-16)29-23(30)14-21(24(29)31)26-17-9-5-15(6-10-17)13-22-27-19-3-1-2-4-20(19)28-22/h1-12,21,26H,13-14H2,(H,27,28)/t21-/m0/s1. The van der Waals surface area contributed by atoms with E-state index in [1.807, 2.05) is 60.7 Å². The summed E-state index contributed by atoms with van der Waals surface area (Å²) in [5, 5.41) is 3.20. The summed E-state index contributed by atoms with van der Waals surface area (Å²) in [6, 6.07) is 22.4. The molecule has 6 nitrogen and oxygen atoms in total. The lowest BCUT2D eigenvalue weighted by Crippen LogP contribution is -2.34. The number of carbonyl (C=O) groups is 2. The third kappa shape index (κ3) is 3.96. The minimum Gasteiger partial charge on any atom is -0.373 e. The van der Waals surface area contributed by atoms with E-state index in [4.69, 9.17) is 0 Å². The maximum Gasteiger partial charge on any atom is 0.256 e. The van der Waals surface area contributed by atoms with Gasteiger partial charge in [-0.15, -0.1) is 0 Å². The summed E-state index contributed by atoms with van der Waals surface area (Å²) in [5.74, 6) is 0.466. The van der Waals surface area contributed by atoms with Crippen LogP contribution < -0.4 is 10.2 Å². The van der Waals surface area contributed by atoms with Gasteiger partial charge in [-0.25, -0.2) is 9.88 Å². The molecule has 31 heavy (non-hydrogen) atoms. The van der Waals surface area contributed by atoms with Gasteiger partial charge < -0.3 is 10.3 Å². The van der Waals surface area contributed by atoms with Crippen molar-refractivity contribution >= 4 is 50.2 Å². The Labute approximate surface area is 187 Å². The summed E-state index contributed by atoms with van der Waals surface area (Å²) < 4.78 is 0.896. The van der Waals surface area contributed by atoms with Gasteiger partial charge >= 0.3 is 0 Å². The number of imide groups is 1. The lowest BCUT2D eigenvalue weighted by molar-refractivity contribution is -0.121. The number of nitrogens with zero attached hydrogens (tertiary/aromatic N) is 2. The van der Waals surface area contributed by atoms with E-state index in [0.29, 0.717) is 12.1 Å². The van der Waals surface area contributed by atoms with Crippen molar-refractivity contribution in [1.82, 2.24) is 9.97 Å². The number of fused-ring (bicyclic) bond motifs is 1. The minimum absolute atomic E-state index is 0.135. The number of aromatic nitrogens is 2. The molecule has 1 atom stereocenters. The fourth-order valence-electron chi connectivity index (χ4n) is 3.81. The predicted molar refractivity (Wildman–Crippen MR) is 124 cm³/mol. The van der Waals surface area contributed by atoms with Crippen LogP contribution in [0.15, 0.2) is 77.3 Å². The summed E-state index contributed by atoms with van der Waals surface area (Å²) in [5.41, 5.74) is 4.47. The molecule has 1 fully saturated rings. The van der Waals surface area contributed by atoms with Crippen molar-refractivity contribution in [2.75, 3.05) is 10.2 Å². The number of H-pyrrole nitrogens is 1. The molecular formula is C24H19BrN4O2. The van der Waals surface area contributed by atoms with E-state index in [9.17, 15) is 9.59 Å². The van der Waals surface area contributed by atoms with Crippen molar-refractivity contribution in [3.63, 3.8) is 0 Å². The van der Waals surface area contributed by atoms with Gasteiger partial charge in [-0.1, -0.05) is 40.2 Å². The van der Waals surface area contributed by atoms with Crippen LogP contribution in [0.2, 0.25) is 0 Å². The molecule has 3 aromatic carbocycles. The SMILES string of the molecule is O=C1C[C@H](Nc2ccc(Cc3nc4ccccc4[nH]3)cc2)C(=O)N1c1ccc(Br)cc1. The van der Waals surface area contributed by atoms with Crippen molar-refractivity contribution in [2.24, 2.45) is 0 Å². The number of halogens is 1. The van der Waals surface area contributed by atoms with Crippen LogP contribution >= 0.6 is 15.9 Å². The number of para-hydroxylation sites is 2. The third-order valence-corrected chi connectivity index (χ3v) is 5.86. The topological polar surface area (TPSA) is 78.1 Å². The number of hydrogen-bond acceptors (Lipinski definition) is 4. The highest BCUT2D eigenvalue weighted by Gasteiger charge is 2.39. The molecule has 0 saturated carbocycles. The van der Waals surface area contributed by atoms with Crippen LogP contribution in [-0.2, 0) is 16.0 Å². The maximum atomic E-state index is 12.8. The van der Waals surface area contributed by atoms with Crippen LogP contribution in [0.1, 0.15) is 17.8 Å². The zero-order valence-corrected chi connectivity index (χ0v) is 18.1. The highest BCUT2D eigenvalue weighted by atomic mass is 79.9. The largest absolute Gasteiger partial charge is 0.373 e. The molecule has 0 bridgehead atoms. The number of hydrogen-bond donors (Lipinski definition) is 2. The van der Waals surface area contributed by atoms with Gasteiger partial charge in [0.1, 0.15) is 11.9 Å². The molecule has 0 aliphatic carbocycles. The fraction of sp³-hybridized carbons (Fsp3) is 0.125. The first-order valence-electron chi connectivity index (χ1n) is 9.98. The number of rotatable bonds is 5. The number of anilines is 2. The fourth-order valence-corrected chi connectivity index (χ4v) is 4.07. The average Bonchev–Trinajstić information content (AvgIpc) is 3.30. The molecule has 7 heteroatoms. The quantitative estimate of drug-likeness (QED) is 0.412. The summed E-state index contributed by atoms with van der Waals surface area (Å²) in [6.07, 6.45) is 0.822. The molecule has 1 aliphatic rings. The van der Waals surface area contributed by atoms with Crippen molar-refractivity contribution in [1.29, 1.82) is 0 Å². The molecule has 4 aromatic rings. The van der Waals surface area contributed by atoms with Gasteiger partial charge in [0.05, 0.1) is 23.1 Å². The van der Waals surface area contributed by atoms with Crippen molar-refractivity contribution in [3.8, 4) is 0 Å². The Morgan fingerprint density at radius 2 is 1.74 bits per heavy atom. The summed E-state index contributed by atoms with van der Waals surface area (Å²) in [7, 11) is 0. The molecule has 154 valence electrons. The second-order valence-electron chi connectivity index (χ2n) is 7.52. The molecule has 0 radical (unpaired) electrons. The number of carbonyl (C=O) groups excluding carboxylic acids is 2. The Morgan fingerprint density at radius 3 is 2.48 bits per heavy atom. The van der Waals surface area contributed by atoms with Gasteiger partial charge in [-0.05, 0) is 54.1 Å². The van der Waals surface area contributed by atoms with Gasteiger partial charge in [0, 0.05) is 16.6 Å². The summed E-state index contributed by atoms with van der Waals surface area (Å²) in [4.78, 5) is 34.5. The van der Waals surface area contributed by atoms with Crippen LogP contribution in [0.25, 0.3) is 11.0 Å². The molecule has 1 aliphatic heterocycles. The lowest BCUT2D eigenvalue weighted by atomic mass is 10.1. The normalized spacial score (nSPS) is 16.3. The molecule has 2 amide bonds. The second-order valence-corrected chi connectivity index (χ2v) is 8.43. The first-order valence-corrected chi connectivity index (χ1v) is 10.8. The molecule has 2 heterocycles. The molecular weight excluding hydrogens is 456 g/mol. The van der Waals surface area contributed by atoms with Crippen molar-refractivity contribution in [2.45, 2.75) is 18.9 Å². The van der Waals surface area contributed by atoms with Crippen LogP contribution in [0, 0.1) is 0 Å². The number of aromatic amines is 1. The number of imidazole rings is 1. The Hall–Kier alpha value is -3.45. The first kappa shape index (κ1) is 19.5. The second kappa shape index (κ2) is 8.00. The van der Waals surface area contributed by atoms with Crippen LogP contribution in [-0.4, -0.2) is 27.8 Å². The highest BCUT2D eigenvalue weighted by molar-refractivity contribution is 9.10. The van der Waals surface area contributed by atoms with E-state index in [2.05, 4.69) is 31.2 Å². The summed E-state index contributed by atoms with van der Waals surface area (Å²) in [6.45, 7) is 0. The van der Waals surface area contributed by atoms with Gasteiger partial charge in [0.15, 0.2) is 0 Å². The third-order valence-electron chi connectivity index (χ3n) is 5.34. The molecule has 2 N–H and O–H groups in total. The summed E-state index contributed by atoms with van der Waals surface area (Å²) >= 11 is 3.37. The first-order chi connectivity index (χ1) is 15.1. The van der Waals surface area contributed by atoms with Gasteiger partial charge in [-0.2, -0.15) is 0 Å². The Balaban J connectivity index is 1.26. The van der Waals surface area contributed by atoms with E-state index in [1.165, 1.54) is 4.90 Å². The predicted octanol–water partition coefficient (Wildman–Crippen LogP) is 4.66. The van der Waals surface area contributed by atoms with Gasteiger partial charge in [0.25, 0.3) is 5.91 Å². The zero-order valence-electron chi connectivity index (χ0n) is 16.5. The monoisotopic (exact) mass is 474 g/mol.